The van der Waals surface area contributed by atoms with Crippen LogP contribution in [-0.2, 0) is 13.0 Å². The number of rotatable bonds is 4. The van der Waals surface area contributed by atoms with Crippen LogP contribution in [0, 0.1) is 6.92 Å². The van der Waals surface area contributed by atoms with E-state index < -0.39 is 0 Å². The molecule has 0 aromatic carbocycles. The fourth-order valence-corrected chi connectivity index (χ4v) is 1.54. The molecule has 1 aromatic heterocycles. The van der Waals surface area contributed by atoms with E-state index in [-0.39, 0.29) is 5.88 Å². The lowest BCUT2D eigenvalue weighted by molar-refractivity contribution is 0.431. The van der Waals surface area contributed by atoms with E-state index in [2.05, 4.69) is 18.9 Å². The summed E-state index contributed by atoms with van der Waals surface area (Å²) in [7, 11) is 0. The monoisotopic (exact) mass is 182 g/mol. The summed E-state index contributed by atoms with van der Waals surface area (Å²) >= 11 is 0. The van der Waals surface area contributed by atoms with Gasteiger partial charge in [0, 0.05) is 17.8 Å². The van der Waals surface area contributed by atoms with Crippen molar-refractivity contribution in [2.24, 2.45) is 0 Å². The van der Waals surface area contributed by atoms with Crippen LogP contribution in [0.3, 0.4) is 0 Å². The highest BCUT2D eigenvalue weighted by Gasteiger charge is 2.11. The molecule has 1 heterocycles. The van der Waals surface area contributed by atoms with Crippen LogP contribution < -0.4 is 0 Å². The lowest BCUT2D eigenvalue weighted by atomic mass is 10.1. The number of aromatic hydroxyl groups is 1. The van der Waals surface area contributed by atoms with Gasteiger partial charge in [0.1, 0.15) is 0 Å². The number of hydrogen-bond acceptors (Lipinski definition) is 2. The van der Waals surface area contributed by atoms with Gasteiger partial charge in [-0.3, -0.25) is 4.68 Å². The highest BCUT2D eigenvalue weighted by Crippen LogP contribution is 2.21. The molecule has 3 nitrogen and oxygen atoms in total. The third kappa shape index (κ3) is 2.02. The third-order valence-electron chi connectivity index (χ3n) is 2.24. The van der Waals surface area contributed by atoms with Crippen molar-refractivity contribution in [3.8, 4) is 5.88 Å². The normalized spacial score (nSPS) is 10.7. The van der Waals surface area contributed by atoms with Crippen molar-refractivity contribution in [3.05, 3.63) is 11.3 Å². The van der Waals surface area contributed by atoms with Crippen molar-refractivity contribution in [1.29, 1.82) is 0 Å². The van der Waals surface area contributed by atoms with Crippen molar-refractivity contribution in [2.45, 2.75) is 46.6 Å². The molecule has 0 spiro atoms. The van der Waals surface area contributed by atoms with Gasteiger partial charge in [-0.1, -0.05) is 20.3 Å². The van der Waals surface area contributed by atoms with Crippen LogP contribution in [0.2, 0.25) is 0 Å². The second-order valence-electron chi connectivity index (χ2n) is 3.36. The van der Waals surface area contributed by atoms with Gasteiger partial charge in [0.2, 0.25) is 5.88 Å². The van der Waals surface area contributed by atoms with E-state index in [0.717, 1.165) is 37.1 Å². The molecule has 1 rings (SSSR count). The molecule has 74 valence electrons. The van der Waals surface area contributed by atoms with Crippen molar-refractivity contribution in [3.63, 3.8) is 0 Å². The van der Waals surface area contributed by atoms with Crippen molar-refractivity contribution in [2.75, 3.05) is 0 Å². The maximum absolute atomic E-state index is 9.54. The molecule has 0 aliphatic carbocycles. The third-order valence-corrected chi connectivity index (χ3v) is 2.24. The van der Waals surface area contributed by atoms with E-state index in [0.29, 0.717) is 0 Å². The Morgan fingerprint density at radius 1 is 1.31 bits per heavy atom. The van der Waals surface area contributed by atoms with Crippen LogP contribution in [0.1, 0.15) is 37.9 Å². The first kappa shape index (κ1) is 10.1. The minimum absolute atomic E-state index is 0.216. The predicted molar refractivity (Wildman–Crippen MR) is 52.9 cm³/mol. The molecule has 0 aliphatic heterocycles. The van der Waals surface area contributed by atoms with Gasteiger partial charge >= 0.3 is 0 Å². The standard InChI is InChI=1S/C10H18N2O/c1-4-6-9-8(3)12(7-5-2)11-10(9)13/h4-7H2,1-3H3,(H,11,13). The van der Waals surface area contributed by atoms with Gasteiger partial charge in [-0.15, -0.1) is 5.10 Å². The van der Waals surface area contributed by atoms with E-state index >= 15 is 0 Å². The highest BCUT2D eigenvalue weighted by molar-refractivity contribution is 5.29. The molecule has 0 fully saturated rings. The maximum Gasteiger partial charge on any atom is 0.233 e. The first-order chi connectivity index (χ1) is 6.20. The molecule has 0 saturated heterocycles. The van der Waals surface area contributed by atoms with Crippen LogP contribution in [0.15, 0.2) is 0 Å². The average Bonchev–Trinajstić information content (AvgIpc) is 2.34. The predicted octanol–water partition coefficient (Wildman–Crippen LogP) is 2.26. The van der Waals surface area contributed by atoms with Gasteiger partial charge in [0.25, 0.3) is 0 Å². The summed E-state index contributed by atoms with van der Waals surface area (Å²) in [5.41, 5.74) is 2.12. The molecular weight excluding hydrogens is 164 g/mol. The topological polar surface area (TPSA) is 38.1 Å². The van der Waals surface area contributed by atoms with Crippen LogP contribution in [-0.4, -0.2) is 14.9 Å². The molecule has 0 bridgehead atoms. The maximum atomic E-state index is 9.54. The van der Waals surface area contributed by atoms with E-state index in [1.165, 1.54) is 0 Å². The second kappa shape index (κ2) is 4.30. The Morgan fingerprint density at radius 3 is 2.54 bits per heavy atom. The van der Waals surface area contributed by atoms with Crippen LogP contribution in [0.5, 0.6) is 5.88 Å². The van der Waals surface area contributed by atoms with Gasteiger partial charge in [-0.05, 0) is 19.8 Å². The van der Waals surface area contributed by atoms with Gasteiger partial charge in [0.05, 0.1) is 0 Å². The summed E-state index contributed by atoms with van der Waals surface area (Å²) in [5, 5.41) is 13.6. The number of aryl methyl sites for hydroxylation is 1. The number of aromatic nitrogens is 2. The van der Waals surface area contributed by atoms with Crippen LogP contribution >= 0.6 is 0 Å². The molecule has 13 heavy (non-hydrogen) atoms. The fraction of sp³-hybridized carbons (Fsp3) is 0.700. The van der Waals surface area contributed by atoms with E-state index in [9.17, 15) is 5.11 Å². The van der Waals surface area contributed by atoms with Gasteiger partial charge in [-0.2, -0.15) is 0 Å². The molecule has 0 aliphatic rings. The Morgan fingerprint density at radius 2 is 2.00 bits per heavy atom. The number of hydrogen-bond donors (Lipinski definition) is 1. The molecule has 0 unspecified atom stereocenters. The minimum Gasteiger partial charge on any atom is -0.492 e. The molecule has 1 N–H and O–H groups in total. The molecule has 0 amide bonds. The molecular formula is C10H18N2O. The summed E-state index contributed by atoms with van der Waals surface area (Å²) in [6.45, 7) is 7.13. The van der Waals surface area contributed by atoms with Gasteiger partial charge in [0.15, 0.2) is 0 Å². The van der Waals surface area contributed by atoms with Crippen molar-refractivity contribution in [1.82, 2.24) is 9.78 Å². The molecule has 1 aromatic rings. The van der Waals surface area contributed by atoms with E-state index in [1.54, 1.807) is 0 Å². The summed E-state index contributed by atoms with van der Waals surface area (Å²) in [6.07, 6.45) is 3.02. The first-order valence-corrected chi connectivity index (χ1v) is 4.95. The zero-order valence-electron chi connectivity index (χ0n) is 8.67. The summed E-state index contributed by atoms with van der Waals surface area (Å²) in [5.74, 6) is 0.216. The lowest BCUT2D eigenvalue weighted by Gasteiger charge is -2.01. The smallest absolute Gasteiger partial charge is 0.233 e. The summed E-state index contributed by atoms with van der Waals surface area (Å²) in [6, 6.07) is 0. The quantitative estimate of drug-likeness (QED) is 0.775. The Labute approximate surface area is 79.4 Å². The largest absolute Gasteiger partial charge is 0.492 e. The lowest BCUT2D eigenvalue weighted by Crippen LogP contribution is -2.01. The Kier molecular flexibility index (Phi) is 3.34. The number of nitrogens with zero attached hydrogens (tertiary/aromatic N) is 2. The summed E-state index contributed by atoms with van der Waals surface area (Å²) in [4.78, 5) is 0. The Balaban J connectivity index is 2.92. The van der Waals surface area contributed by atoms with Crippen LogP contribution in [0.4, 0.5) is 0 Å². The Hall–Kier alpha value is -0.990. The van der Waals surface area contributed by atoms with E-state index in [4.69, 9.17) is 0 Å². The minimum atomic E-state index is 0.216. The van der Waals surface area contributed by atoms with Gasteiger partial charge in [-0.25, -0.2) is 0 Å². The second-order valence-corrected chi connectivity index (χ2v) is 3.36. The zero-order valence-corrected chi connectivity index (χ0v) is 8.67. The average molecular weight is 182 g/mol. The molecule has 0 radical (unpaired) electrons. The zero-order chi connectivity index (χ0) is 9.84. The van der Waals surface area contributed by atoms with E-state index in [1.807, 2.05) is 11.6 Å². The van der Waals surface area contributed by atoms with Gasteiger partial charge < -0.3 is 5.11 Å². The Bertz CT molecular complexity index is 279. The molecule has 0 atom stereocenters. The fourth-order valence-electron chi connectivity index (χ4n) is 1.54. The molecule has 3 heteroatoms. The van der Waals surface area contributed by atoms with Crippen molar-refractivity contribution >= 4 is 0 Å². The van der Waals surface area contributed by atoms with Crippen LogP contribution in [0.25, 0.3) is 0 Å². The highest BCUT2D eigenvalue weighted by atomic mass is 16.3. The summed E-state index contributed by atoms with van der Waals surface area (Å²) < 4.78 is 1.89. The van der Waals surface area contributed by atoms with Crippen molar-refractivity contribution < 1.29 is 5.11 Å². The first-order valence-electron chi connectivity index (χ1n) is 4.95. The molecule has 0 saturated carbocycles. The SMILES string of the molecule is CCCc1c(O)nn(CCC)c1C.